The van der Waals surface area contributed by atoms with Crippen molar-refractivity contribution in [3.8, 4) is 11.5 Å². The molecule has 0 aliphatic heterocycles. The zero-order chi connectivity index (χ0) is 14.8. The fourth-order valence-electron chi connectivity index (χ4n) is 1.56. The molecule has 7 heteroatoms. The second-order valence-corrected chi connectivity index (χ2v) is 6.06. The molecule has 0 aromatic heterocycles. The molecule has 0 radical (unpaired) electrons. The van der Waals surface area contributed by atoms with E-state index in [2.05, 4.69) is 4.72 Å². The van der Waals surface area contributed by atoms with Gasteiger partial charge in [0.05, 0.1) is 17.7 Å². The average molecular weight is 314 g/mol. The van der Waals surface area contributed by atoms with E-state index in [-0.39, 0.29) is 16.3 Å². The maximum absolute atomic E-state index is 12.2. The van der Waals surface area contributed by atoms with E-state index in [1.54, 1.807) is 6.07 Å². The number of phenolic OH excluding ortho intramolecular Hbond substituents is 1. The molecule has 0 heterocycles. The summed E-state index contributed by atoms with van der Waals surface area (Å²) in [6, 6.07) is 10.1. The van der Waals surface area contributed by atoms with Gasteiger partial charge in [0, 0.05) is 11.1 Å². The van der Waals surface area contributed by atoms with E-state index in [0.29, 0.717) is 10.8 Å². The standard InChI is InChI=1S/C13H12ClNO4S/c1-19-10-5-6-13(16)12(8-10)15-20(17,18)11-4-2-3-9(14)7-11/h2-8,15-16H,1H3. The molecule has 0 atom stereocenters. The van der Waals surface area contributed by atoms with Gasteiger partial charge in [-0.25, -0.2) is 8.42 Å². The van der Waals surface area contributed by atoms with Crippen molar-refractivity contribution in [2.75, 3.05) is 11.8 Å². The molecule has 2 N–H and O–H groups in total. The van der Waals surface area contributed by atoms with Crippen LogP contribution < -0.4 is 9.46 Å². The van der Waals surface area contributed by atoms with Crippen molar-refractivity contribution in [1.82, 2.24) is 0 Å². The lowest BCUT2D eigenvalue weighted by Gasteiger charge is -2.11. The molecule has 0 fully saturated rings. The number of phenols is 1. The highest BCUT2D eigenvalue weighted by atomic mass is 35.5. The third-order valence-electron chi connectivity index (χ3n) is 2.55. The molecule has 106 valence electrons. The van der Waals surface area contributed by atoms with Crippen LogP contribution in [0, 0.1) is 0 Å². The number of nitrogens with one attached hydrogen (secondary N) is 1. The maximum atomic E-state index is 12.2. The Bertz CT molecular complexity index is 731. The van der Waals surface area contributed by atoms with Crippen LogP contribution in [0.15, 0.2) is 47.4 Å². The fraction of sp³-hybridized carbons (Fsp3) is 0.0769. The van der Waals surface area contributed by atoms with Crippen LogP contribution in [-0.4, -0.2) is 20.6 Å². The van der Waals surface area contributed by atoms with Gasteiger partial charge in [-0.3, -0.25) is 4.72 Å². The number of halogens is 1. The van der Waals surface area contributed by atoms with Crippen molar-refractivity contribution in [2.24, 2.45) is 0 Å². The number of hydrogen-bond acceptors (Lipinski definition) is 4. The molecule has 20 heavy (non-hydrogen) atoms. The molecule has 0 spiro atoms. The average Bonchev–Trinajstić information content (AvgIpc) is 2.41. The first-order valence-electron chi connectivity index (χ1n) is 5.58. The SMILES string of the molecule is COc1ccc(O)c(NS(=O)(=O)c2cccc(Cl)c2)c1. The Morgan fingerprint density at radius 1 is 1.20 bits per heavy atom. The van der Waals surface area contributed by atoms with Crippen molar-refractivity contribution in [3.63, 3.8) is 0 Å². The zero-order valence-corrected chi connectivity index (χ0v) is 12.1. The van der Waals surface area contributed by atoms with E-state index in [4.69, 9.17) is 16.3 Å². The van der Waals surface area contributed by atoms with Gasteiger partial charge in [0.2, 0.25) is 0 Å². The molecule has 0 saturated carbocycles. The van der Waals surface area contributed by atoms with Gasteiger partial charge in [0.15, 0.2) is 0 Å². The van der Waals surface area contributed by atoms with Gasteiger partial charge < -0.3 is 9.84 Å². The first-order valence-corrected chi connectivity index (χ1v) is 7.44. The summed E-state index contributed by atoms with van der Waals surface area (Å²) in [5.74, 6) is 0.225. The Balaban J connectivity index is 2.38. The van der Waals surface area contributed by atoms with Gasteiger partial charge in [-0.1, -0.05) is 17.7 Å². The molecule has 0 aliphatic carbocycles. The minimum atomic E-state index is -3.83. The van der Waals surface area contributed by atoms with E-state index < -0.39 is 10.0 Å². The van der Waals surface area contributed by atoms with Crippen molar-refractivity contribution in [1.29, 1.82) is 0 Å². The summed E-state index contributed by atoms with van der Waals surface area (Å²) in [5.41, 5.74) is 0.0318. The highest BCUT2D eigenvalue weighted by Crippen LogP contribution is 2.30. The number of sulfonamides is 1. The Morgan fingerprint density at radius 3 is 2.60 bits per heavy atom. The molecular weight excluding hydrogens is 302 g/mol. The topological polar surface area (TPSA) is 75.6 Å². The highest BCUT2D eigenvalue weighted by Gasteiger charge is 2.16. The smallest absolute Gasteiger partial charge is 0.262 e. The Labute approximate surface area is 121 Å². The molecular formula is C13H12ClNO4S. The molecule has 0 saturated heterocycles. The quantitative estimate of drug-likeness (QED) is 0.851. The third kappa shape index (κ3) is 3.15. The molecule has 0 bridgehead atoms. The monoisotopic (exact) mass is 313 g/mol. The number of rotatable bonds is 4. The minimum absolute atomic E-state index is 0.00669. The van der Waals surface area contributed by atoms with Crippen molar-refractivity contribution < 1.29 is 18.3 Å². The number of anilines is 1. The van der Waals surface area contributed by atoms with Crippen LogP contribution in [0.2, 0.25) is 5.02 Å². The van der Waals surface area contributed by atoms with Crippen molar-refractivity contribution in [3.05, 3.63) is 47.5 Å². The minimum Gasteiger partial charge on any atom is -0.506 e. The van der Waals surface area contributed by atoms with Crippen LogP contribution >= 0.6 is 11.6 Å². The zero-order valence-electron chi connectivity index (χ0n) is 10.5. The fourth-order valence-corrected chi connectivity index (χ4v) is 2.93. The normalized spacial score (nSPS) is 11.1. The summed E-state index contributed by atoms with van der Waals surface area (Å²) in [6.45, 7) is 0. The second-order valence-electron chi connectivity index (χ2n) is 3.95. The summed E-state index contributed by atoms with van der Waals surface area (Å²) >= 11 is 5.77. The lowest BCUT2D eigenvalue weighted by molar-refractivity contribution is 0.413. The Morgan fingerprint density at radius 2 is 1.95 bits per heavy atom. The Kier molecular flexibility index (Phi) is 4.06. The van der Waals surface area contributed by atoms with E-state index in [1.807, 2.05) is 0 Å². The number of hydrogen-bond donors (Lipinski definition) is 2. The van der Waals surface area contributed by atoms with E-state index >= 15 is 0 Å². The summed E-state index contributed by atoms with van der Waals surface area (Å²) in [5, 5.41) is 9.99. The van der Waals surface area contributed by atoms with Gasteiger partial charge in [0.25, 0.3) is 10.0 Å². The van der Waals surface area contributed by atoms with Gasteiger partial charge in [-0.15, -0.1) is 0 Å². The Hall–Kier alpha value is -1.92. The lowest BCUT2D eigenvalue weighted by atomic mass is 10.3. The van der Waals surface area contributed by atoms with E-state index in [9.17, 15) is 13.5 Å². The first kappa shape index (κ1) is 14.5. The summed E-state index contributed by atoms with van der Waals surface area (Å²) < 4.78 is 31.6. The molecule has 2 rings (SSSR count). The largest absolute Gasteiger partial charge is 0.506 e. The van der Waals surface area contributed by atoms with Crippen LogP contribution in [0.4, 0.5) is 5.69 Å². The summed E-state index contributed by atoms with van der Waals surface area (Å²) in [7, 11) is -2.39. The van der Waals surface area contributed by atoms with Crippen LogP contribution in [-0.2, 0) is 10.0 Å². The number of aromatic hydroxyl groups is 1. The molecule has 2 aromatic rings. The van der Waals surface area contributed by atoms with Crippen molar-refractivity contribution >= 4 is 27.3 Å². The number of benzene rings is 2. The summed E-state index contributed by atoms with van der Waals surface area (Å²) in [4.78, 5) is 0.00669. The molecule has 5 nitrogen and oxygen atoms in total. The molecule has 0 amide bonds. The van der Waals surface area contributed by atoms with E-state index in [1.165, 1.54) is 43.5 Å². The summed E-state index contributed by atoms with van der Waals surface area (Å²) in [6.07, 6.45) is 0. The predicted octanol–water partition coefficient (Wildman–Crippen LogP) is 2.86. The predicted molar refractivity (Wildman–Crippen MR) is 76.9 cm³/mol. The lowest BCUT2D eigenvalue weighted by Crippen LogP contribution is -2.13. The first-order chi connectivity index (χ1) is 9.42. The number of ether oxygens (including phenoxy) is 1. The van der Waals surface area contributed by atoms with Gasteiger partial charge in [-0.2, -0.15) is 0 Å². The van der Waals surface area contributed by atoms with Crippen LogP contribution in [0.5, 0.6) is 11.5 Å². The third-order valence-corrected chi connectivity index (χ3v) is 4.15. The molecule has 0 unspecified atom stereocenters. The van der Waals surface area contributed by atoms with Crippen molar-refractivity contribution in [2.45, 2.75) is 4.90 Å². The van der Waals surface area contributed by atoms with Crippen LogP contribution in [0.1, 0.15) is 0 Å². The highest BCUT2D eigenvalue weighted by molar-refractivity contribution is 7.92. The molecule has 0 aliphatic rings. The maximum Gasteiger partial charge on any atom is 0.262 e. The van der Waals surface area contributed by atoms with Crippen LogP contribution in [0.3, 0.4) is 0 Å². The van der Waals surface area contributed by atoms with Gasteiger partial charge in [0.1, 0.15) is 11.5 Å². The molecule has 2 aromatic carbocycles. The van der Waals surface area contributed by atoms with Gasteiger partial charge in [-0.05, 0) is 30.3 Å². The number of methoxy groups -OCH3 is 1. The second kappa shape index (κ2) is 5.60. The van der Waals surface area contributed by atoms with Gasteiger partial charge >= 0.3 is 0 Å². The van der Waals surface area contributed by atoms with Crippen LogP contribution in [0.25, 0.3) is 0 Å². The van der Waals surface area contributed by atoms with E-state index in [0.717, 1.165) is 0 Å².